The van der Waals surface area contributed by atoms with Crippen LogP contribution in [0.1, 0.15) is 35.7 Å². The van der Waals surface area contributed by atoms with Crippen LogP contribution in [0.5, 0.6) is 5.75 Å². The standard InChI is InChI=1S/C18H19ClFNO2/c1-12(2)13-6-8-14(9-7-13)23-11-10-21-18(22)17-15(19)4-3-5-16(17)20/h3-9,12H,10-11H2,1-2H3,(H,21,22). The van der Waals surface area contributed by atoms with Gasteiger partial charge in [0.15, 0.2) is 0 Å². The van der Waals surface area contributed by atoms with Crippen LogP contribution in [-0.4, -0.2) is 19.1 Å². The van der Waals surface area contributed by atoms with Crippen LogP contribution < -0.4 is 10.1 Å². The molecule has 5 heteroatoms. The molecule has 0 aliphatic rings. The van der Waals surface area contributed by atoms with E-state index in [1.54, 1.807) is 0 Å². The van der Waals surface area contributed by atoms with Gasteiger partial charge >= 0.3 is 0 Å². The predicted molar refractivity (Wildman–Crippen MR) is 89.8 cm³/mol. The molecule has 23 heavy (non-hydrogen) atoms. The minimum absolute atomic E-state index is 0.0905. The Bertz CT molecular complexity index is 651. The van der Waals surface area contributed by atoms with Gasteiger partial charge in [-0.05, 0) is 35.7 Å². The lowest BCUT2D eigenvalue weighted by atomic mass is 10.0. The van der Waals surface area contributed by atoms with Crippen molar-refractivity contribution in [1.29, 1.82) is 0 Å². The maximum Gasteiger partial charge on any atom is 0.255 e. The molecule has 122 valence electrons. The molecule has 1 N–H and O–H groups in total. The maximum absolute atomic E-state index is 13.6. The Labute approximate surface area is 140 Å². The molecule has 3 nitrogen and oxygen atoms in total. The molecule has 2 aromatic carbocycles. The smallest absolute Gasteiger partial charge is 0.255 e. The van der Waals surface area contributed by atoms with Gasteiger partial charge in [-0.25, -0.2) is 4.39 Å². The number of carbonyl (C=O) groups excluding carboxylic acids is 1. The fourth-order valence-corrected chi connectivity index (χ4v) is 2.33. The van der Waals surface area contributed by atoms with Crippen LogP contribution >= 0.6 is 11.6 Å². The van der Waals surface area contributed by atoms with Crippen molar-refractivity contribution >= 4 is 17.5 Å². The van der Waals surface area contributed by atoms with Gasteiger partial charge in [-0.1, -0.05) is 43.6 Å². The van der Waals surface area contributed by atoms with E-state index < -0.39 is 11.7 Å². The molecule has 2 rings (SSSR count). The average Bonchev–Trinajstić information content (AvgIpc) is 2.52. The summed E-state index contributed by atoms with van der Waals surface area (Å²) in [5, 5.41) is 2.68. The summed E-state index contributed by atoms with van der Waals surface area (Å²) in [7, 11) is 0. The molecule has 0 aromatic heterocycles. The third-order valence-corrected chi connectivity index (χ3v) is 3.71. The number of hydrogen-bond acceptors (Lipinski definition) is 2. The van der Waals surface area contributed by atoms with Crippen LogP contribution in [0.3, 0.4) is 0 Å². The monoisotopic (exact) mass is 335 g/mol. The molecule has 1 amide bonds. The maximum atomic E-state index is 13.6. The molecule has 0 fully saturated rings. The van der Waals surface area contributed by atoms with E-state index in [-0.39, 0.29) is 17.1 Å². The van der Waals surface area contributed by atoms with E-state index in [2.05, 4.69) is 19.2 Å². The zero-order chi connectivity index (χ0) is 16.8. The molecule has 0 bridgehead atoms. The van der Waals surface area contributed by atoms with Gasteiger partial charge in [0, 0.05) is 0 Å². The van der Waals surface area contributed by atoms with Gasteiger partial charge in [-0.15, -0.1) is 0 Å². The zero-order valence-corrected chi connectivity index (χ0v) is 13.9. The van der Waals surface area contributed by atoms with Gasteiger partial charge < -0.3 is 10.1 Å². The number of carbonyl (C=O) groups is 1. The molecule has 2 aromatic rings. The van der Waals surface area contributed by atoms with Gasteiger partial charge in [-0.2, -0.15) is 0 Å². The van der Waals surface area contributed by atoms with Crippen LogP contribution in [-0.2, 0) is 0 Å². The molecule has 0 radical (unpaired) electrons. The second kappa shape index (κ2) is 7.97. The van der Waals surface area contributed by atoms with Crippen molar-refractivity contribution in [2.75, 3.05) is 13.2 Å². The normalized spacial score (nSPS) is 10.7. The molecule has 0 spiro atoms. The molecule has 0 unspecified atom stereocenters. The Morgan fingerprint density at radius 1 is 1.22 bits per heavy atom. The lowest BCUT2D eigenvalue weighted by Gasteiger charge is -2.10. The fraction of sp³-hybridized carbons (Fsp3) is 0.278. The Morgan fingerprint density at radius 3 is 2.52 bits per heavy atom. The molecule has 0 aliphatic carbocycles. The average molecular weight is 336 g/mol. The Balaban J connectivity index is 1.82. The van der Waals surface area contributed by atoms with Crippen LogP contribution in [0.4, 0.5) is 4.39 Å². The van der Waals surface area contributed by atoms with Crippen molar-refractivity contribution in [3.63, 3.8) is 0 Å². The largest absolute Gasteiger partial charge is 0.492 e. The van der Waals surface area contributed by atoms with E-state index >= 15 is 0 Å². The molecule has 0 aliphatic heterocycles. The fourth-order valence-electron chi connectivity index (χ4n) is 2.09. The number of nitrogens with one attached hydrogen (secondary N) is 1. The molecular weight excluding hydrogens is 317 g/mol. The quantitative estimate of drug-likeness (QED) is 0.794. The second-order valence-corrected chi connectivity index (χ2v) is 5.83. The summed E-state index contributed by atoms with van der Waals surface area (Å²) in [6.07, 6.45) is 0. The number of hydrogen-bond donors (Lipinski definition) is 1. The third-order valence-electron chi connectivity index (χ3n) is 3.39. The van der Waals surface area contributed by atoms with E-state index in [4.69, 9.17) is 16.3 Å². The van der Waals surface area contributed by atoms with Gasteiger partial charge in [0.1, 0.15) is 18.2 Å². The SMILES string of the molecule is CC(C)c1ccc(OCCNC(=O)c2c(F)cccc2Cl)cc1. The summed E-state index contributed by atoms with van der Waals surface area (Å²) >= 11 is 5.84. The summed E-state index contributed by atoms with van der Waals surface area (Å²) in [6.45, 7) is 4.80. The van der Waals surface area contributed by atoms with E-state index in [1.165, 1.54) is 23.8 Å². The first-order valence-corrected chi connectivity index (χ1v) is 7.82. The molecule has 0 atom stereocenters. The summed E-state index contributed by atoms with van der Waals surface area (Å²) < 4.78 is 19.1. The van der Waals surface area contributed by atoms with Crippen LogP contribution in [0.15, 0.2) is 42.5 Å². The van der Waals surface area contributed by atoms with Gasteiger partial charge in [-0.3, -0.25) is 4.79 Å². The summed E-state index contributed by atoms with van der Waals surface area (Å²) in [6, 6.07) is 11.9. The zero-order valence-electron chi connectivity index (χ0n) is 13.1. The van der Waals surface area contributed by atoms with E-state index in [1.807, 2.05) is 24.3 Å². The Hall–Kier alpha value is -2.07. The minimum atomic E-state index is -0.639. The second-order valence-electron chi connectivity index (χ2n) is 5.42. The highest BCUT2D eigenvalue weighted by molar-refractivity contribution is 6.33. The minimum Gasteiger partial charge on any atom is -0.492 e. The summed E-state index contributed by atoms with van der Waals surface area (Å²) in [5.74, 6) is 0.00785. The molecular formula is C18H19ClFNO2. The summed E-state index contributed by atoms with van der Waals surface area (Å²) in [5.41, 5.74) is 1.09. The van der Waals surface area contributed by atoms with Crippen LogP contribution in [0, 0.1) is 5.82 Å². The lowest BCUT2D eigenvalue weighted by Crippen LogP contribution is -2.29. The van der Waals surface area contributed by atoms with E-state index in [0.717, 1.165) is 5.75 Å². The number of halogens is 2. The van der Waals surface area contributed by atoms with E-state index in [0.29, 0.717) is 12.5 Å². The topological polar surface area (TPSA) is 38.3 Å². The number of ether oxygens (including phenoxy) is 1. The van der Waals surface area contributed by atoms with Crippen molar-refractivity contribution in [1.82, 2.24) is 5.32 Å². The molecule has 0 saturated heterocycles. The van der Waals surface area contributed by atoms with Crippen molar-refractivity contribution in [3.8, 4) is 5.75 Å². The molecule has 0 saturated carbocycles. The summed E-state index contributed by atoms with van der Waals surface area (Å²) in [4.78, 5) is 11.9. The van der Waals surface area contributed by atoms with E-state index in [9.17, 15) is 9.18 Å². The first kappa shape index (κ1) is 17.3. The van der Waals surface area contributed by atoms with Crippen LogP contribution in [0.2, 0.25) is 5.02 Å². The Kier molecular flexibility index (Phi) is 5.99. The predicted octanol–water partition coefficient (Wildman–Crippen LogP) is 4.41. The van der Waals surface area contributed by atoms with Crippen molar-refractivity contribution in [2.24, 2.45) is 0 Å². The van der Waals surface area contributed by atoms with Crippen LogP contribution in [0.25, 0.3) is 0 Å². The lowest BCUT2D eigenvalue weighted by molar-refractivity contribution is 0.0943. The van der Waals surface area contributed by atoms with Gasteiger partial charge in [0.05, 0.1) is 17.1 Å². The first-order valence-electron chi connectivity index (χ1n) is 7.44. The van der Waals surface area contributed by atoms with Gasteiger partial charge in [0.2, 0.25) is 0 Å². The highest BCUT2D eigenvalue weighted by atomic mass is 35.5. The first-order chi connectivity index (χ1) is 11.0. The van der Waals surface area contributed by atoms with Crippen molar-refractivity contribution in [3.05, 3.63) is 64.4 Å². The number of benzene rings is 2. The highest BCUT2D eigenvalue weighted by Gasteiger charge is 2.14. The van der Waals surface area contributed by atoms with Crippen molar-refractivity contribution in [2.45, 2.75) is 19.8 Å². The van der Waals surface area contributed by atoms with Crippen molar-refractivity contribution < 1.29 is 13.9 Å². The number of rotatable bonds is 6. The molecule has 0 heterocycles. The highest BCUT2D eigenvalue weighted by Crippen LogP contribution is 2.19. The number of amides is 1. The van der Waals surface area contributed by atoms with Gasteiger partial charge in [0.25, 0.3) is 5.91 Å². The Morgan fingerprint density at radius 2 is 1.91 bits per heavy atom. The third kappa shape index (κ3) is 4.70.